The molecule has 10 heteroatoms. The van der Waals surface area contributed by atoms with Gasteiger partial charge in [-0.05, 0) is 32.2 Å². The summed E-state index contributed by atoms with van der Waals surface area (Å²) in [5, 5.41) is 14.2. The van der Waals surface area contributed by atoms with Gasteiger partial charge in [0, 0.05) is 44.1 Å². The maximum atomic E-state index is 13.3. The molecule has 1 aromatic carbocycles. The highest BCUT2D eigenvalue weighted by molar-refractivity contribution is 6.09. The number of nitrogens with one attached hydrogen (secondary N) is 2. The number of rotatable bonds is 6. The highest BCUT2D eigenvalue weighted by Gasteiger charge is 2.28. The highest BCUT2D eigenvalue weighted by atomic mass is 16.4. The molecule has 1 amide bonds. The van der Waals surface area contributed by atoms with E-state index in [9.17, 15) is 4.79 Å². The summed E-state index contributed by atoms with van der Waals surface area (Å²) >= 11 is 0. The van der Waals surface area contributed by atoms with Crippen molar-refractivity contribution in [2.45, 2.75) is 13.5 Å². The van der Waals surface area contributed by atoms with E-state index in [1.165, 1.54) is 0 Å². The van der Waals surface area contributed by atoms with Gasteiger partial charge in [0.2, 0.25) is 17.7 Å². The second-order valence-corrected chi connectivity index (χ2v) is 6.92. The summed E-state index contributed by atoms with van der Waals surface area (Å²) in [7, 11) is 3.74. The quantitative estimate of drug-likeness (QED) is 0.630. The molecule has 0 bridgehead atoms. The summed E-state index contributed by atoms with van der Waals surface area (Å²) in [6.07, 6.45) is 1.59. The van der Waals surface area contributed by atoms with E-state index in [4.69, 9.17) is 4.42 Å². The molecule has 0 unspecified atom stereocenters. The number of hydrogen-bond donors (Lipinski definition) is 2. The van der Waals surface area contributed by atoms with Gasteiger partial charge in [-0.15, -0.1) is 10.2 Å². The molecule has 0 radical (unpaired) electrons. The maximum absolute atomic E-state index is 13.3. The van der Waals surface area contributed by atoms with Crippen molar-refractivity contribution >= 4 is 23.4 Å². The first kappa shape index (κ1) is 19.8. The zero-order chi connectivity index (χ0) is 21.1. The third-order valence-corrected chi connectivity index (χ3v) is 4.80. The Morgan fingerprint density at radius 1 is 1.23 bits per heavy atom. The molecular formula is C20H24N8O2. The van der Waals surface area contributed by atoms with Gasteiger partial charge in [-0.3, -0.25) is 4.79 Å². The number of hydrogen-bond acceptors (Lipinski definition) is 9. The Balaban J connectivity index is 1.66. The molecule has 0 saturated carbocycles. The number of fused-ring (bicyclic) bond motifs is 1. The van der Waals surface area contributed by atoms with Crippen molar-refractivity contribution in [3.8, 4) is 11.5 Å². The summed E-state index contributed by atoms with van der Waals surface area (Å²) in [4.78, 5) is 25.8. The number of benzene rings is 1. The molecule has 0 atom stereocenters. The lowest BCUT2D eigenvalue weighted by molar-refractivity contribution is 0.0989. The number of carbonyl (C=O) groups excluding carboxylic acids is 1. The van der Waals surface area contributed by atoms with Crippen molar-refractivity contribution in [3.63, 3.8) is 0 Å². The molecule has 156 valence electrons. The first-order valence-electron chi connectivity index (χ1n) is 9.82. The van der Waals surface area contributed by atoms with Crippen molar-refractivity contribution in [1.29, 1.82) is 0 Å². The van der Waals surface area contributed by atoms with Crippen LogP contribution in [0.3, 0.4) is 0 Å². The molecule has 30 heavy (non-hydrogen) atoms. The van der Waals surface area contributed by atoms with E-state index in [1.807, 2.05) is 50.2 Å². The van der Waals surface area contributed by atoms with Gasteiger partial charge in [0.15, 0.2) is 0 Å². The standard InChI is InChI=1S/C20H24N8O2/c1-4-22-20-23-11-15-17(24-20)27(3)8-9-28(19(15)29)14-7-5-6-13(10-14)18-26-25-16(30-18)12-21-2/h5-7,10-11,21H,4,8-9,12H2,1-3H3,(H,22,23,24). The molecule has 4 rings (SSSR count). The lowest BCUT2D eigenvalue weighted by Crippen LogP contribution is -2.33. The number of likely N-dealkylation sites (N-methyl/N-ethyl adjacent to an activating group) is 1. The third-order valence-electron chi connectivity index (χ3n) is 4.80. The van der Waals surface area contributed by atoms with Crippen LogP contribution in [0.1, 0.15) is 23.2 Å². The van der Waals surface area contributed by atoms with Gasteiger partial charge in [0.1, 0.15) is 11.4 Å². The molecule has 1 aliphatic heterocycles. The summed E-state index contributed by atoms with van der Waals surface area (Å²) < 4.78 is 5.69. The van der Waals surface area contributed by atoms with Crippen LogP contribution in [0.15, 0.2) is 34.9 Å². The van der Waals surface area contributed by atoms with Gasteiger partial charge in [-0.25, -0.2) is 4.98 Å². The fourth-order valence-corrected chi connectivity index (χ4v) is 3.31. The predicted octanol–water partition coefficient (Wildman–Crippen LogP) is 1.77. The summed E-state index contributed by atoms with van der Waals surface area (Å²) in [6, 6.07) is 7.53. The van der Waals surface area contributed by atoms with Crippen LogP contribution in [0.5, 0.6) is 0 Å². The molecule has 0 aliphatic carbocycles. The molecule has 3 aromatic rings. The normalized spacial score (nSPS) is 13.9. The van der Waals surface area contributed by atoms with E-state index >= 15 is 0 Å². The Morgan fingerprint density at radius 2 is 2.10 bits per heavy atom. The van der Waals surface area contributed by atoms with Crippen LogP contribution >= 0.6 is 0 Å². The summed E-state index contributed by atoms with van der Waals surface area (Å²) in [5.41, 5.74) is 1.98. The second-order valence-electron chi connectivity index (χ2n) is 6.92. The second kappa shape index (κ2) is 8.46. The molecule has 0 spiro atoms. The molecular weight excluding hydrogens is 384 g/mol. The minimum Gasteiger partial charge on any atom is -0.419 e. The number of anilines is 3. The van der Waals surface area contributed by atoms with Gasteiger partial charge in [-0.1, -0.05) is 6.07 Å². The van der Waals surface area contributed by atoms with E-state index < -0.39 is 0 Å². The van der Waals surface area contributed by atoms with E-state index in [0.29, 0.717) is 55.3 Å². The fraction of sp³-hybridized carbons (Fsp3) is 0.350. The van der Waals surface area contributed by atoms with Gasteiger partial charge >= 0.3 is 0 Å². The average molecular weight is 408 g/mol. The first-order valence-corrected chi connectivity index (χ1v) is 9.82. The topological polar surface area (TPSA) is 112 Å². The monoisotopic (exact) mass is 408 g/mol. The molecule has 2 aromatic heterocycles. The Morgan fingerprint density at radius 3 is 2.90 bits per heavy atom. The number of carbonyl (C=O) groups is 1. The van der Waals surface area contributed by atoms with Crippen molar-refractivity contribution in [1.82, 2.24) is 25.5 Å². The summed E-state index contributed by atoms with van der Waals surface area (Å²) in [5.74, 6) is 1.92. The largest absolute Gasteiger partial charge is 0.419 e. The molecule has 0 fully saturated rings. The minimum atomic E-state index is -0.143. The van der Waals surface area contributed by atoms with Crippen LogP contribution < -0.4 is 20.4 Å². The van der Waals surface area contributed by atoms with Gasteiger partial charge in [0.25, 0.3) is 5.91 Å². The van der Waals surface area contributed by atoms with Crippen LogP contribution in [0.2, 0.25) is 0 Å². The van der Waals surface area contributed by atoms with Gasteiger partial charge < -0.3 is 24.9 Å². The Hall–Kier alpha value is -3.53. The lowest BCUT2D eigenvalue weighted by atomic mass is 10.1. The van der Waals surface area contributed by atoms with Crippen LogP contribution in [-0.2, 0) is 6.54 Å². The molecule has 10 nitrogen and oxygen atoms in total. The molecule has 1 aliphatic rings. The zero-order valence-corrected chi connectivity index (χ0v) is 17.2. The van der Waals surface area contributed by atoms with E-state index in [0.717, 1.165) is 11.3 Å². The maximum Gasteiger partial charge on any atom is 0.263 e. The van der Waals surface area contributed by atoms with Crippen LogP contribution in [0.25, 0.3) is 11.5 Å². The highest BCUT2D eigenvalue weighted by Crippen LogP contribution is 2.29. The Kier molecular flexibility index (Phi) is 5.57. The van der Waals surface area contributed by atoms with Crippen LogP contribution in [0.4, 0.5) is 17.5 Å². The Bertz CT molecular complexity index is 1050. The average Bonchev–Trinajstić information content (AvgIpc) is 3.18. The van der Waals surface area contributed by atoms with Crippen molar-refractivity contribution < 1.29 is 9.21 Å². The van der Waals surface area contributed by atoms with Crippen molar-refractivity contribution in [2.24, 2.45) is 0 Å². The van der Waals surface area contributed by atoms with E-state index in [2.05, 4.69) is 30.8 Å². The summed E-state index contributed by atoms with van der Waals surface area (Å²) in [6.45, 7) is 4.33. The van der Waals surface area contributed by atoms with E-state index in [-0.39, 0.29) is 5.91 Å². The number of amides is 1. The minimum absolute atomic E-state index is 0.143. The number of aromatic nitrogens is 4. The first-order chi connectivity index (χ1) is 14.6. The SMILES string of the molecule is CCNc1ncc2c(n1)N(C)CCN(c1cccc(-c3nnc(CNC)o3)c1)C2=O. The molecule has 0 saturated heterocycles. The molecule has 3 heterocycles. The van der Waals surface area contributed by atoms with Crippen molar-refractivity contribution in [3.05, 3.63) is 41.9 Å². The van der Waals surface area contributed by atoms with Crippen LogP contribution in [-0.4, -0.2) is 59.8 Å². The van der Waals surface area contributed by atoms with E-state index in [1.54, 1.807) is 11.1 Å². The van der Waals surface area contributed by atoms with Gasteiger partial charge in [-0.2, -0.15) is 4.98 Å². The zero-order valence-electron chi connectivity index (χ0n) is 17.2. The molecule has 2 N–H and O–H groups in total. The third kappa shape index (κ3) is 3.81. The Labute approximate surface area is 174 Å². The van der Waals surface area contributed by atoms with Crippen molar-refractivity contribution in [2.75, 3.05) is 48.8 Å². The smallest absolute Gasteiger partial charge is 0.263 e. The van der Waals surface area contributed by atoms with Gasteiger partial charge in [0.05, 0.1) is 6.54 Å². The number of nitrogens with zero attached hydrogens (tertiary/aromatic N) is 6. The van der Waals surface area contributed by atoms with Crippen LogP contribution in [0, 0.1) is 0 Å². The lowest BCUT2D eigenvalue weighted by Gasteiger charge is -2.21. The predicted molar refractivity (Wildman–Crippen MR) is 114 cm³/mol. The fourth-order valence-electron chi connectivity index (χ4n) is 3.31.